The zero-order valence-electron chi connectivity index (χ0n) is 13.0. The number of carbonyl (C=O) groups is 2. The van der Waals surface area contributed by atoms with Crippen molar-refractivity contribution in [2.24, 2.45) is 11.7 Å². The van der Waals surface area contributed by atoms with Gasteiger partial charge in [0.15, 0.2) is 0 Å². The molecule has 0 atom stereocenters. The van der Waals surface area contributed by atoms with Crippen molar-refractivity contribution in [2.75, 3.05) is 45.8 Å². The minimum Gasteiger partial charge on any atom is -0.346 e. The number of likely N-dealkylation sites (tertiary alicyclic amines) is 2. The number of nitrogens with one attached hydrogen (secondary N) is 1. The molecular formula is C14H28Cl2N4O2. The smallest absolute Gasteiger partial charge is 0.241 e. The lowest BCUT2D eigenvalue weighted by molar-refractivity contribution is -0.133. The molecule has 0 aromatic heterocycles. The predicted molar refractivity (Wildman–Crippen MR) is 91.5 cm³/mol. The lowest BCUT2D eigenvalue weighted by atomic mass is 9.96. The molecule has 0 spiro atoms. The fourth-order valence-electron chi connectivity index (χ4n) is 3.05. The molecule has 2 amide bonds. The third-order valence-electron chi connectivity index (χ3n) is 4.30. The maximum atomic E-state index is 11.9. The molecule has 8 heteroatoms. The highest BCUT2D eigenvalue weighted by Gasteiger charge is 2.25. The Morgan fingerprint density at radius 3 is 2.18 bits per heavy atom. The summed E-state index contributed by atoms with van der Waals surface area (Å²) in [5.74, 6) is 0.449. The van der Waals surface area contributed by atoms with Crippen LogP contribution in [0.3, 0.4) is 0 Å². The number of rotatable bonds is 5. The maximum Gasteiger partial charge on any atom is 0.241 e. The van der Waals surface area contributed by atoms with E-state index in [1.54, 1.807) is 0 Å². The van der Waals surface area contributed by atoms with Crippen LogP contribution in [-0.2, 0) is 9.59 Å². The van der Waals surface area contributed by atoms with Crippen LogP contribution < -0.4 is 11.1 Å². The Labute approximate surface area is 145 Å². The van der Waals surface area contributed by atoms with Crippen LogP contribution in [0.2, 0.25) is 0 Å². The monoisotopic (exact) mass is 354 g/mol. The van der Waals surface area contributed by atoms with E-state index in [-0.39, 0.29) is 49.7 Å². The first-order valence-electron chi connectivity index (χ1n) is 7.66. The molecule has 2 heterocycles. The summed E-state index contributed by atoms with van der Waals surface area (Å²) in [6, 6.07) is 0. The molecule has 2 aliphatic rings. The normalized spacial score (nSPS) is 19.2. The van der Waals surface area contributed by atoms with Crippen LogP contribution in [0.15, 0.2) is 0 Å². The van der Waals surface area contributed by atoms with Gasteiger partial charge in [0.25, 0.3) is 0 Å². The van der Waals surface area contributed by atoms with Crippen molar-refractivity contribution in [1.82, 2.24) is 15.1 Å². The summed E-state index contributed by atoms with van der Waals surface area (Å²) in [6.45, 7) is 5.31. The minimum atomic E-state index is -0.276. The Morgan fingerprint density at radius 1 is 1.05 bits per heavy atom. The fourth-order valence-corrected chi connectivity index (χ4v) is 3.05. The van der Waals surface area contributed by atoms with E-state index in [1.807, 2.05) is 4.90 Å². The molecule has 0 aliphatic carbocycles. The van der Waals surface area contributed by atoms with Crippen molar-refractivity contribution in [1.29, 1.82) is 0 Å². The van der Waals surface area contributed by atoms with Gasteiger partial charge in [-0.25, -0.2) is 0 Å². The summed E-state index contributed by atoms with van der Waals surface area (Å²) in [5.41, 5.74) is 5.19. The molecule has 0 aromatic carbocycles. The van der Waals surface area contributed by atoms with Crippen LogP contribution in [0, 0.1) is 5.92 Å². The zero-order chi connectivity index (χ0) is 14.4. The SMILES string of the molecule is Cl.Cl.NCC(=O)NCC(=O)N1CCC(CN2CCCC2)CC1. The third kappa shape index (κ3) is 6.69. The van der Waals surface area contributed by atoms with Crippen LogP contribution in [0.1, 0.15) is 25.7 Å². The molecule has 2 aliphatic heterocycles. The molecule has 0 unspecified atom stereocenters. The molecular weight excluding hydrogens is 327 g/mol. The predicted octanol–water partition coefficient (Wildman–Crippen LogP) is 0.239. The number of hydrogen-bond donors (Lipinski definition) is 2. The van der Waals surface area contributed by atoms with E-state index in [4.69, 9.17) is 5.73 Å². The summed E-state index contributed by atoms with van der Waals surface area (Å²) < 4.78 is 0. The van der Waals surface area contributed by atoms with E-state index in [9.17, 15) is 9.59 Å². The van der Waals surface area contributed by atoms with E-state index in [2.05, 4.69) is 10.2 Å². The van der Waals surface area contributed by atoms with Gasteiger partial charge in [-0.3, -0.25) is 9.59 Å². The summed E-state index contributed by atoms with van der Waals surface area (Å²) in [6.07, 6.45) is 4.82. The Kier molecular flexibility index (Phi) is 10.8. The molecule has 0 bridgehead atoms. The number of piperidine rings is 1. The molecule has 0 aromatic rings. The number of hydrogen-bond acceptors (Lipinski definition) is 4. The third-order valence-corrected chi connectivity index (χ3v) is 4.30. The van der Waals surface area contributed by atoms with Gasteiger partial charge >= 0.3 is 0 Å². The lowest BCUT2D eigenvalue weighted by Gasteiger charge is -2.34. The zero-order valence-corrected chi connectivity index (χ0v) is 14.6. The number of nitrogens with two attached hydrogens (primary N) is 1. The van der Waals surface area contributed by atoms with Crippen molar-refractivity contribution in [3.8, 4) is 0 Å². The molecule has 22 heavy (non-hydrogen) atoms. The highest BCUT2D eigenvalue weighted by Crippen LogP contribution is 2.20. The molecule has 2 rings (SSSR count). The lowest BCUT2D eigenvalue weighted by Crippen LogP contribution is -2.46. The number of amides is 2. The molecule has 0 saturated carbocycles. The van der Waals surface area contributed by atoms with Gasteiger partial charge in [0, 0.05) is 19.6 Å². The molecule has 130 valence electrons. The number of nitrogens with zero attached hydrogens (tertiary/aromatic N) is 2. The van der Waals surface area contributed by atoms with Gasteiger partial charge in [-0.05, 0) is 44.7 Å². The highest BCUT2D eigenvalue weighted by molar-refractivity contribution is 5.86. The minimum absolute atomic E-state index is 0. The van der Waals surface area contributed by atoms with Gasteiger partial charge in [0.2, 0.25) is 11.8 Å². The second-order valence-corrected chi connectivity index (χ2v) is 5.81. The van der Waals surface area contributed by atoms with E-state index in [0.717, 1.165) is 31.8 Å². The van der Waals surface area contributed by atoms with Gasteiger partial charge < -0.3 is 20.9 Å². The van der Waals surface area contributed by atoms with E-state index >= 15 is 0 Å². The Bertz CT molecular complexity index is 344. The Hall–Kier alpha value is -0.560. The maximum absolute atomic E-state index is 11.9. The van der Waals surface area contributed by atoms with Gasteiger partial charge in [0.1, 0.15) is 0 Å². The van der Waals surface area contributed by atoms with E-state index < -0.39 is 0 Å². The molecule has 0 radical (unpaired) electrons. The molecule has 6 nitrogen and oxygen atoms in total. The summed E-state index contributed by atoms with van der Waals surface area (Å²) in [5, 5.41) is 2.54. The van der Waals surface area contributed by atoms with Crippen LogP contribution in [0.4, 0.5) is 0 Å². The topological polar surface area (TPSA) is 78.7 Å². The second-order valence-electron chi connectivity index (χ2n) is 5.81. The molecule has 2 fully saturated rings. The first-order valence-corrected chi connectivity index (χ1v) is 7.66. The van der Waals surface area contributed by atoms with Gasteiger partial charge in [0.05, 0.1) is 13.1 Å². The Balaban J connectivity index is 0.00000220. The van der Waals surface area contributed by atoms with Gasteiger partial charge in [-0.15, -0.1) is 24.8 Å². The van der Waals surface area contributed by atoms with Crippen molar-refractivity contribution < 1.29 is 9.59 Å². The summed E-state index contributed by atoms with van der Waals surface area (Å²) >= 11 is 0. The van der Waals surface area contributed by atoms with Crippen molar-refractivity contribution in [3.63, 3.8) is 0 Å². The summed E-state index contributed by atoms with van der Waals surface area (Å²) in [4.78, 5) is 27.4. The fraction of sp³-hybridized carbons (Fsp3) is 0.857. The standard InChI is InChI=1S/C14H26N4O2.2ClH/c15-9-13(19)16-10-14(20)18-7-3-12(4-8-18)11-17-5-1-2-6-17;;/h12H,1-11,15H2,(H,16,19);2*1H. The largest absolute Gasteiger partial charge is 0.346 e. The van der Waals surface area contributed by atoms with Crippen LogP contribution in [0.5, 0.6) is 0 Å². The van der Waals surface area contributed by atoms with Crippen molar-refractivity contribution in [3.05, 3.63) is 0 Å². The molecule has 3 N–H and O–H groups in total. The van der Waals surface area contributed by atoms with E-state index in [0.29, 0.717) is 0 Å². The summed E-state index contributed by atoms with van der Waals surface area (Å²) in [7, 11) is 0. The molecule has 2 saturated heterocycles. The average Bonchev–Trinajstić information content (AvgIpc) is 2.98. The quantitative estimate of drug-likeness (QED) is 0.741. The van der Waals surface area contributed by atoms with Crippen LogP contribution in [0.25, 0.3) is 0 Å². The van der Waals surface area contributed by atoms with Crippen molar-refractivity contribution >= 4 is 36.6 Å². The first-order chi connectivity index (χ1) is 9.69. The van der Waals surface area contributed by atoms with Gasteiger partial charge in [-0.2, -0.15) is 0 Å². The first kappa shape index (κ1) is 21.4. The van der Waals surface area contributed by atoms with Crippen LogP contribution in [-0.4, -0.2) is 67.4 Å². The highest BCUT2D eigenvalue weighted by atomic mass is 35.5. The van der Waals surface area contributed by atoms with Crippen molar-refractivity contribution in [2.45, 2.75) is 25.7 Å². The van der Waals surface area contributed by atoms with E-state index in [1.165, 1.54) is 32.5 Å². The average molecular weight is 355 g/mol. The second kappa shape index (κ2) is 11.0. The van der Waals surface area contributed by atoms with Gasteiger partial charge in [-0.1, -0.05) is 0 Å². The number of carbonyl (C=O) groups excluding carboxylic acids is 2. The van der Waals surface area contributed by atoms with Crippen LogP contribution >= 0.6 is 24.8 Å². The number of halogens is 2. The Morgan fingerprint density at radius 2 is 1.64 bits per heavy atom.